The number of hydrogen-bond acceptors (Lipinski definition) is 3. The van der Waals surface area contributed by atoms with Crippen molar-refractivity contribution in [1.29, 1.82) is 0 Å². The molecule has 1 aromatic rings. The molecule has 0 unspecified atom stereocenters. The largest absolute Gasteiger partial charge is 0.352 e. The molecule has 0 aromatic heterocycles. The average molecular weight is 322 g/mol. The number of benzene rings is 1. The van der Waals surface area contributed by atoms with E-state index in [0.29, 0.717) is 18.0 Å². The van der Waals surface area contributed by atoms with Crippen LogP contribution in [-0.2, 0) is 9.05 Å². The maximum atomic E-state index is 12.0. The van der Waals surface area contributed by atoms with Gasteiger partial charge >= 0.3 is 0 Å². The van der Waals surface area contributed by atoms with Crippen LogP contribution < -0.4 is 5.32 Å². The Bertz CT molecular complexity index is 624. The van der Waals surface area contributed by atoms with Gasteiger partial charge in [0.1, 0.15) is 0 Å². The summed E-state index contributed by atoms with van der Waals surface area (Å²) < 4.78 is 22.6. The molecule has 0 saturated heterocycles. The lowest BCUT2D eigenvalue weighted by molar-refractivity contribution is 0.0951. The maximum absolute atomic E-state index is 12.0. The van der Waals surface area contributed by atoms with Crippen molar-refractivity contribution in [1.82, 2.24) is 5.32 Å². The Balaban J connectivity index is 2.31. The van der Waals surface area contributed by atoms with Crippen molar-refractivity contribution in [3.05, 3.63) is 28.3 Å². The van der Waals surface area contributed by atoms with Crippen LogP contribution >= 0.6 is 22.3 Å². The van der Waals surface area contributed by atoms with Crippen molar-refractivity contribution in [3.63, 3.8) is 0 Å². The zero-order valence-electron chi connectivity index (χ0n) is 10.2. The number of nitrogens with one attached hydrogen (secondary N) is 1. The topological polar surface area (TPSA) is 63.2 Å². The Morgan fingerprint density at radius 2 is 2.05 bits per heavy atom. The molecule has 0 spiro atoms. The van der Waals surface area contributed by atoms with Gasteiger partial charge in [-0.2, -0.15) is 0 Å². The Kier molecular flexibility index (Phi) is 4.08. The van der Waals surface area contributed by atoms with E-state index in [1.165, 1.54) is 12.1 Å². The lowest BCUT2D eigenvalue weighted by Gasteiger charge is -2.10. The van der Waals surface area contributed by atoms with E-state index in [1.807, 2.05) is 0 Å². The van der Waals surface area contributed by atoms with Crippen LogP contribution in [0.15, 0.2) is 17.0 Å². The summed E-state index contributed by atoms with van der Waals surface area (Å²) in [6.45, 7) is 2.27. The number of carbonyl (C=O) groups is 1. The van der Waals surface area contributed by atoms with Crippen LogP contribution in [0.2, 0.25) is 5.02 Å². The van der Waals surface area contributed by atoms with Crippen LogP contribution in [0.25, 0.3) is 0 Å². The minimum atomic E-state index is -3.91. The predicted molar refractivity (Wildman–Crippen MR) is 74.3 cm³/mol. The summed E-state index contributed by atoms with van der Waals surface area (Å²) in [6, 6.07) is 2.50. The molecule has 0 radical (unpaired) electrons. The van der Waals surface area contributed by atoms with Gasteiger partial charge in [-0.1, -0.05) is 11.6 Å². The summed E-state index contributed by atoms with van der Waals surface area (Å²) in [5.74, 6) is 0.216. The highest BCUT2D eigenvalue weighted by molar-refractivity contribution is 8.13. The molecule has 1 amide bonds. The molecule has 7 heteroatoms. The van der Waals surface area contributed by atoms with E-state index in [9.17, 15) is 13.2 Å². The second-order valence-corrected chi connectivity index (χ2v) is 7.64. The Morgan fingerprint density at radius 1 is 1.42 bits per heavy atom. The highest BCUT2D eigenvalue weighted by Gasteiger charge is 2.23. The number of carbonyl (C=O) groups excluding carboxylic acids is 1. The molecule has 1 aliphatic carbocycles. The van der Waals surface area contributed by atoms with Gasteiger partial charge in [0.2, 0.25) is 0 Å². The predicted octanol–water partition coefficient (Wildman–Crippen LogP) is 2.72. The highest BCUT2D eigenvalue weighted by atomic mass is 35.7. The summed E-state index contributed by atoms with van der Waals surface area (Å²) in [6.07, 6.45) is 2.24. The molecule has 0 heterocycles. The van der Waals surface area contributed by atoms with Crippen molar-refractivity contribution in [2.24, 2.45) is 5.92 Å². The molecule has 19 heavy (non-hydrogen) atoms. The molecule has 1 aliphatic rings. The van der Waals surface area contributed by atoms with Gasteiger partial charge in [0.25, 0.3) is 15.0 Å². The second kappa shape index (κ2) is 5.31. The molecule has 0 atom stereocenters. The maximum Gasteiger partial charge on any atom is 0.261 e. The first-order chi connectivity index (χ1) is 8.79. The van der Waals surface area contributed by atoms with Crippen molar-refractivity contribution in [2.75, 3.05) is 6.54 Å². The fourth-order valence-corrected chi connectivity index (χ4v) is 2.75. The van der Waals surface area contributed by atoms with Gasteiger partial charge < -0.3 is 5.32 Å². The third-order valence-electron chi connectivity index (χ3n) is 3.09. The smallest absolute Gasteiger partial charge is 0.261 e. The zero-order chi connectivity index (χ0) is 14.2. The quantitative estimate of drug-likeness (QED) is 0.867. The molecule has 1 fully saturated rings. The second-order valence-electron chi connectivity index (χ2n) is 4.67. The van der Waals surface area contributed by atoms with Crippen molar-refractivity contribution in [3.8, 4) is 0 Å². The van der Waals surface area contributed by atoms with Crippen molar-refractivity contribution in [2.45, 2.75) is 24.7 Å². The standard InChI is InChI=1S/C12H13Cl2NO3S/c1-7-10(12(16)15-6-8-2-3-8)4-9(5-11(7)13)19(14,17)18/h4-5,8H,2-3,6H2,1H3,(H,15,16). The zero-order valence-corrected chi connectivity index (χ0v) is 12.6. The van der Waals surface area contributed by atoms with E-state index < -0.39 is 9.05 Å². The molecule has 2 rings (SSSR count). The minimum Gasteiger partial charge on any atom is -0.352 e. The minimum absolute atomic E-state index is 0.165. The van der Waals surface area contributed by atoms with Crippen LogP contribution in [0.4, 0.5) is 0 Å². The summed E-state index contributed by atoms with van der Waals surface area (Å²) in [5, 5.41) is 2.98. The van der Waals surface area contributed by atoms with Gasteiger partial charge in [-0.05, 0) is 43.4 Å². The van der Waals surface area contributed by atoms with E-state index in [0.717, 1.165) is 12.8 Å². The van der Waals surface area contributed by atoms with Gasteiger partial charge in [0.15, 0.2) is 0 Å². The number of amides is 1. The molecule has 1 N–H and O–H groups in total. The Hall–Kier alpha value is -0.780. The molecular weight excluding hydrogens is 309 g/mol. The summed E-state index contributed by atoms with van der Waals surface area (Å²) >= 11 is 5.94. The van der Waals surface area contributed by atoms with E-state index >= 15 is 0 Å². The molecule has 1 aromatic carbocycles. The Labute approximate surface area is 121 Å². The first kappa shape index (κ1) is 14.6. The van der Waals surface area contributed by atoms with Gasteiger partial charge in [-0.3, -0.25) is 4.79 Å². The monoisotopic (exact) mass is 321 g/mol. The molecule has 0 aliphatic heterocycles. The molecule has 4 nitrogen and oxygen atoms in total. The lowest BCUT2D eigenvalue weighted by Crippen LogP contribution is -2.26. The van der Waals surface area contributed by atoms with Crippen LogP contribution in [0, 0.1) is 12.8 Å². The summed E-state index contributed by atoms with van der Waals surface area (Å²) in [5.41, 5.74) is 0.784. The normalized spacial score (nSPS) is 15.3. The van der Waals surface area contributed by atoms with E-state index in [4.69, 9.17) is 22.3 Å². The Morgan fingerprint density at radius 3 is 2.58 bits per heavy atom. The van der Waals surface area contributed by atoms with Gasteiger partial charge in [0, 0.05) is 27.8 Å². The summed E-state index contributed by atoms with van der Waals surface area (Å²) in [4.78, 5) is 11.9. The molecule has 0 bridgehead atoms. The highest BCUT2D eigenvalue weighted by Crippen LogP contribution is 2.29. The molecular formula is C12H13Cl2NO3S. The summed E-state index contributed by atoms with van der Waals surface area (Å²) in [7, 11) is 1.37. The van der Waals surface area contributed by atoms with Crippen molar-refractivity contribution >= 4 is 37.2 Å². The SMILES string of the molecule is Cc1c(Cl)cc(S(=O)(=O)Cl)cc1C(=O)NCC1CC1. The lowest BCUT2D eigenvalue weighted by atomic mass is 10.1. The average Bonchev–Trinajstić information content (AvgIpc) is 3.11. The third kappa shape index (κ3) is 3.61. The fraction of sp³-hybridized carbons (Fsp3) is 0.417. The third-order valence-corrected chi connectivity index (χ3v) is 4.82. The first-order valence-electron chi connectivity index (χ1n) is 5.82. The van der Waals surface area contributed by atoms with Gasteiger partial charge in [0.05, 0.1) is 4.90 Å². The fourth-order valence-electron chi connectivity index (χ4n) is 1.68. The molecule has 104 valence electrons. The van der Waals surface area contributed by atoms with Crippen LogP contribution in [-0.4, -0.2) is 20.9 Å². The van der Waals surface area contributed by atoms with E-state index in [1.54, 1.807) is 6.92 Å². The molecule has 1 saturated carbocycles. The van der Waals surface area contributed by atoms with E-state index in [-0.39, 0.29) is 21.4 Å². The number of rotatable bonds is 4. The number of hydrogen-bond donors (Lipinski definition) is 1. The first-order valence-corrected chi connectivity index (χ1v) is 8.51. The number of halogens is 2. The van der Waals surface area contributed by atoms with Crippen LogP contribution in [0.5, 0.6) is 0 Å². The van der Waals surface area contributed by atoms with Gasteiger partial charge in [-0.15, -0.1) is 0 Å². The van der Waals surface area contributed by atoms with Crippen LogP contribution in [0.1, 0.15) is 28.8 Å². The van der Waals surface area contributed by atoms with Crippen LogP contribution in [0.3, 0.4) is 0 Å². The van der Waals surface area contributed by atoms with Crippen molar-refractivity contribution < 1.29 is 13.2 Å². The van der Waals surface area contributed by atoms with E-state index in [2.05, 4.69) is 5.32 Å². The van der Waals surface area contributed by atoms with Gasteiger partial charge in [-0.25, -0.2) is 8.42 Å².